The molecule has 0 aliphatic carbocycles. The van der Waals surface area contributed by atoms with Crippen LogP contribution < -0.4 is 5.32 Å². The van der Waals surface area contributed by atoms with E-state index in [9.17, 15) is 8.42 Å². The predicted octanol–water partition coefficient (Wildman–Crippen LogP) is 0.885. The van der Waals surface area contributed by atoms with Gasteiger partial charge >= 0.3 is 0 Å². The Balaban J connectivity index is 2.08. The van der Waals surface area contributed by atoms with Crippen LogP contribution in [-0.2, 0) is 9.84 Å². The van der Waals surface area contributed by atoms with Crippen LogP contribution in [0.2, 0.25) is 0 Å². The molecule has 1 N–H and O–H groups in total. The maximum absolute atomic E-state index is 11.3. The zero-order chi connectivity index (χ0) is 12.7. The molecule has 1 atom stereocenters. The highest BCUT2D eigenvalue weighted by Crippen LogP contribution is 2.16. The quantitative estimate of drug-likeness (QED) is 0.692. The first-order chi connectivity index (χ1) is 8.05. The molecule has 4 nitrogen and oxygen atoms in total. The van der Waals surface area contributed by atoms with Gasteiger partial charge in [-0.25, -0.2) is 8.42 Å². The third-order valence-electron chi connectivity index (χ3n) is 3.61. The molecule has 5 heteroatoms. The lowest BCUT2D eigenvalue weighted by molar-refractivity contribution is 0.176. The van der Waals surface area contributed by atoms with Crippen LogP contribution in [0.5, 0.6) is 0 Å². The van der Waals surface area contributed by atoms with Crippen LogP contribution in [0.3, 0.4) is 0 Å². The second-order valence-corrected chi connectivity index (χ2v) is 7.38. The van der Waals surface area contributed by atoms with E-state index in [1.165, 1.54) is 25.8 Å². The largest absolute Gasteiger partial charge is 0.316 e. The first kappa shape index (κ1) is 14.9. The number of hydrogen-bond donors (Lipinski definition) is 1. The summed E-state index contributed by atoms with van der Waals surface area (Å²) in [4.78, 5) is 2.42. The first-order valence-corrected chi connectivity index (χ1v) is 8.48. The summed E-state index contributed by atoms with van der Waals surface area (Å²) in [7, 11) is -0.623. The highest BCUT2D eigenvalue weighted by molar-refractivity contribution is 7.91. The molecule has 17 heavy (non-hydrogen) atoms. The highest BCUT2D eigenvalue weighted by atomic mass is 32.2. The van der Waals surface area contributed by atoms with Crippen LogP contribution in [0.25, 0.3) is 0 Å². The number of sulfone groups is 1. The molecule has 0 radical (unpaired) electrons. The van der Waals surface area contributed by atoms with Gasteiger partial charge in [0.05, 0.1) is 5.75 Å². The van der Waals surface area contributed by atoms with Gasteiger partial charge in [0.1, 0.15) is 0 Å². The lowest BCUT2D eigenvalue weighted by Gasteiger charge is -2.32. The summed E-state index contributed by atoms with van der Waals surface area (Å²) in [5, 5.41) is 3.24. The molecule has 1 fully saturated rings. The molecular weight excluding hydrogens is 236 g/mol. The van der Waals surface area contributed by atoms with Gasteiger partial charge in [-0.2, -0.15) is 0 Å². The topological polar surface area (TPSA) is 49.4 Å². The summed E-state index contributed by atoms with van der Waals surface area (Å²) >= 11 is 0. The molecule has 0 saturated carbocycles. The minimum atomic E-state index is -2.81. The van der Waals surface area contributed by atoms with Gasteiger partial charge in [-0.15, -0.1) is 0 Å². The standard InChI is InChI=1S/C12H26N2O2S/c1-3-17(15,16)11-9-13-8-7-12-6-4-5-10-14(12)2/h12-13H,3-11H2,1-2H3. The van der Waals surface area contributed by atoms with Crippen molar-refractivity contribution in [2.24, 2.45) is 0 Å². The Kier molecular flexibility index (Phi) is 6.44. The molecule has 102 valence electrons. The minimum absolute atomic E-state index is 0.250. The average Bonchev–Trinajstić information content (AvgIpc) is 2.31. The van der Waals surface area contributed by atoms with Gasteiger partial charge in [-0.05, 0) is 39.4 Å². The number of piperidine rings is 1. The van der Waals surface area contributed by atoms with Gasteiger partial charge in [0.25, 0.3) is 0 Å². The zero-order valence-electron chi connectivity index (χ0n) is 11.1. The summed E-state index contributed by atoms with van der Waals surface area (Å²) < 4.78 is 22.5. The molecular formula is C12H26N2O2S. The average molecular weight is 262 g/mol. The Morgan fingerprint density at radius 2 is 2.06 bits per heavy atom. The van der Waals surface area contributed by atoms with Crippen LogP contribution in [0.1, 0.15) is 32.6 Å². The van der Waals surface area contributed by atoms with Gasteiger partial charge in [0.15, 0.2) is 9.84 Å². The Bertz CT molecular complexity index is 304. The normalized spacial score (nSPS) is 22.8. The minimum Gasteiger partial charge on any atom is -0.316 e. The van der Waals surface area contributed by atoms with Crippen molar-refractivity contribution in [3.63, 3.8) is 0 Å². The van der Waals surface area contributed by atoms with Crippen molar-refractivity contribution >= 4 is 9.84 Å². The number of rotatable bonds is 7. The molecule has 0 amide bonds. The number of nitrogens with one attached hydrogen (secondary N) is 1. The predicted molar refractivity (Wildman–Crippen MR) is 72.1 cm³/mol. The van der Waals surface area contributed by atoms with Gasteiger partial charge in [-0.1, -0.05) is 13.3 Å². The van der Waals surface area contributed by atoms with Crippen LogP contribution in [0.4, 0.5) is 0 Å². The fraction of sp³-hybridized carbons (Fsp3) is 1.00. The lowest BCUT2D eigenvalue weighted by Crippen LogP contribution is -2.38. The molecule has 1 rings (SSSR count). The van der Waals surface area contributed by atoms with Crippen molar-refractivity contribution in [1.82, 2.24) is 10.2 Å². The third-order valence-corrected chi connectivity index (χ3v) is 5.31. The van der Waals surface area contributed by atoms with Crippen molar-refractivity contribution in [2.45, 2.75) is 38.6 Å². The van der Waals surface area contributed by atoms with Gasteiger partial charge in [0.2, 0.25) is 0 Å². The summed E-state index contributed by atoms with van der Waals surface area (Å²) in [5.74, 6) is 0.518. The molecule has 0 bridgehead atoms. The Labute approximate surface area is 106 Å². The van der Waals surface area contributed by atoms with Crippen LogP contribution in [0.15, 0.2) is 0 Å². The molecule has 1 unspecified atom stereocenters. The van der Waals surface area contributed by atoms with E-state index in [0.717, 1.165) is 13.0 Å². The molecule has 1 saturated heterocycles. The second-order valence-electron chi connectivity index (χ2n) is 4.91. The van der Waals surface area contributed by atoms with E-state index in [1.807, 2.05) is 0 Å². The van der Waals surface area contributed by atoms with Crippen molar-refractivity contribution < 1.29 is 8.42 Å². The first-order valence-electron chi connectivity index (χ1n) is 6.66. The second kappa shape index (κ2) is 7.34. The van der Waals surface area contributed by atoms with Gasteiger partial charge in [0, 0.05) is 18.3 Å². The third kappa shape index (κ3) is 5.84. The van der Waals surface area contributed by atoms with Crippen molar-refractivity contribution in [3.8, 4) is 0 Å². The fourth-order valence-electron chi connectivity index (χ4n) is 2.27. The van der Waals surface area contributed by atoms with Crippen LogP contribution in [0, 0.1) is 0 Å². The Hall–Kier alpha value is -0.130. The number of nitrogens with zero attached hydrogens (tertiary/aromatic N) is 1. The molecule has 0 aromatic carbocycles. The van der Waals surface area contributed by atoms with E-state index >= 15 is 0 Å². The molecule has 0 spiro atoms. The molecule has 1 aliphatic rings. The molecule has 1 heterocycles. The summed E-state index contributed by atoms with van der Waals surface area (Å²) in [5.41, 5.74) is 0. The summed E-state index contributed by atoms with van der Waals surface area (Å²) in [6, 6.07) is 0.680. The summed E-state index contributed by atoms with van der Waals surface area (Å²) in [6.07, 6.45) is 5.06. The zero-order valence-corrected chi connectivity index (χ0v) is 11.9. The van der Waals surface area contributed by atoms with E-state index in [2.05, 4.69) is 17.3 Å². The van der Waals surface area contributed by atoms with E-state index in [4.69, 9.17) is 0 Å². The fourth-order valence-corrected chi connectivity index (χ4v) is 3.02. The van der Waals surface area contributed by atoms with E-state index in [0.29, 0.717) is 12.6 Å². The molecule has 0 aromatic heterocycles. The molecule has 0 aromatic rings. The van der Waals surface area contributed by atoms with Crippen LogP contribution in [-0.4, -0.2) is 57.5 Å². The monoisotopic (exact) mass is 262 g/mol. The molecule has 1 aliphatic heterocycles. The van der Waals surface area contributed by atoms with Crippen LogP contribution >= 0.6 is 0 Å². The maximum atomic E-state index is 11.3. The van der Waals surface area contributed by atoms with Crippen molar-refractivity contribution in [1.29, 1.82) is 0 Å². The Morgan fingerprint density at radius 1 is 1.29 bits per heavy atom. The number of hydrogen-bond acceptors (Lipinski definition) is 4. The van der Waals surface area contributed by atoms with Gasteiger partial charge in [-0.3, -0.25) is 0 Å². The smallest absolute Gasteiger partial charge is 0.151 e. The van der Waals surface area contributed by atoms with E-state index in [-0.39, 0.29) is 11.5 Å². The maximum Gasteiger partial charge on any atom is 0.151 e. The highest BCUT2D eigenvalue weighted by Gasteiger charge is 2.17. The lowest BCUT2D eigenvalue weighted by atomic mass is 10.0. The van der Waals surface area contributed by atoms with Crippen molar-refractivity contribution in [3.05, 3.63) is 0 Å². The summed E-state index contributed by atoms with van der Waals surface area (Å²) in [6.45, 7) is 4.42. The van der Waals surface area contributed by atoms with E-state index in [1.54, 1.807) is 6.92 Å². The van der Waals surface area contributed by atoms with Gasteiger partial charge < -0.3 is 10.2 Å². The van der Waals surface area contributed by atoms with Crippen molar-refractivity contribution in [2.75, 3.05) is 38.2 Å². The van der Waals surface area contributed by atoms with E-state index < -0.39 is 9.84 Å². The number of likely N-dealkylation sites (tertiary alicyclic amines) is 1. The SMILES string of the molecule is CCS(=O)(=O)CCNCCC1CCCCN1C. The Morgan fingerprint density at radius 3 is 2.71 bits per heavy atom.